The van der Waals surface area contributed by atoms with E-state index in [1.807, 2.05) is 43.3 Å². The van der Waals surface area contributed by atoms with Crippen LogP contribution in [0, 0.1) is 0 Å². The molecule has 0 aliphatic heterocycles. The van der Waals surface area contributed by atoms with Crippen molar-refractivity contribution in [1.82, 2.24) is 14.9 Å². The summed E-state index contributed by atoms with van der Waals surface area (Å²) in [7, 11) is 0. The first-order valence-corrected chi connectivity index (χ1v) is 6.98. The van der Waals surface area contributed by atoms with Gasteiger partial charge in [-0.3, -0.25) is 4.79 Å². The van der Waals surface area contributed by atoms with Gasteiger partial charge in [0.1, 0.15) is 5.82 Å². The standard InChI is InChI=1S/C17H17N3O/c1-13(18-12-21)17-19-15-9-5-6-10-16(15)20(17)11-14-7-3-2-4-8-14/h2-10,12-13H,11H2,1H3,(H,18,21)/t13-/m0/s1. The summed E-state index contributed by atoms with van der Waals surface area (Å²) < 4.78 is 2.16. The maximum Gasteiger partial charge on any atom is 0.207 e. The second kappa shape index (κ2) is 5.79. The molecule has 106 valence electrons. The Hall–Kier alpha value is -2.62. The van der Waals surface area contributed by atoms with Crippen LogP contribution in [0.5, 0.6) is 0 Å². The van der Waals surface area contributed by atoms with Crippen LogP contribution in [0.25, 0.3) is 11.0 Å². The van der Waals surface area contributed by atoms with Gasteiger partial charge >= 0.3 is 0 Å². The Morgan fingerprint density at radius 1 is 1.14 bits per heavy atom. The fourth-order valence-corrected chi connectivity index (χ4v) is 2.53. The van der Waals surface area contributed by atoms with Crippen molar-refractivity contribution < 1.29 is 4.79 Å². The molecule has 1 N–H and O–H groups in total. The molecule has 1 aromatic heterocycles. The lowest BCUT2D eigenvalue weighted by Gasteiger charge is -2.14. The van der Waals surface area contributed by atoms with Crippen molar-refractivity contribution in [3.05, 3.63) is 66.0 Å². The number of benzene rings is 2. The zero-order valence-corrected chi connectivity index (χ0v) is 11.9. The first kappa shape index (κ1) is 13.4. The average Bonchev–Trinajstić information content (AvgIpc) is 2.88. The zero-order chi connectivity index (χ0) is 14.7. The highest BCUT2D eigenvalue weighted by Gasteiger charge is 2.15. The molecule has 0 saturated heterocycles. The van der Waals surface area contributed by atoms with E-state index >= 15 is 0 Å². The van der Waals surface area contributed by atoms with Gasteiger partial charge in [-0.15, -0.1) is 0 Å². The summed E-state index contributed by atoms with van der Waals surface area (Å²) in [4.78, 5) is 15.4. The van der Waals surface area contributed by atoms with Crippen LogP contribution in [0.1, 0.15) is 24.4 Å². The highest BCUT2D eigenvalue weighted by atomic mass is 16.1. The molecular formula is C17H17N3O. The van der Waals surface area contributed by atoms with E-state index in [0.717, 1.165) is 29.8 Å². The molecule has 0 unspecified atom stereocenters. The van der Waals surface area contributed by atoms with E-state index in [9.17, 15) is 4.79 Å². The monoisotopic (exact) mass is 279 g/mol. The molecule has 1 heterocycles. The van der Waals surface area contributed by atoms with E-state index in [4.69, 9.17) is 0 Å². The number of carbonyl (C=O) groups excluding carboxylic acids is 1. The first-order chi connectivity index (χ1) is 10.3. The number of aromatic nitrogens is 2. The smallest absolute Gasteiger partial charge is 0.207 e. The summed E-state index contributed by atoms with van der Waals surface area (Å²) in [6.45, 7) is 2.68. The Labute approximate surface area is 123 Å². The summed E-state index contributed by atoms with van der Waals surface area (Å²) >= 11 is 0. The molecule has 1 amide bonds. The third kappa shape index (κ3) is 2.65. The summed E-state index contributed by atoms with van der Waals surface area (Å²) in [5.74, 6) is 0.868. The van der Waals surface area contributed by atoms with Crippen molar-refractivity contribution >= 4 is 17.4 Å². The second-order valence-electron chi connectivity index (χ2n) is 5.04. The number of amides is 1. The Morgan fingerprint density at radius 3 is 2.62 bits per heavy atom. The van der Waals surface area contributed by atoms with Gasteiger partial charge in [0.05, 0.1) is 17.1 Å². The predicted octanol–water partition coefficient (Wildman–Crippen LogP) is 2.89. The highest BCUT2D eigenvalue weighted by Crippen LogP contribution is 2.22. The maximum atomic E-state index is 10.7. The molecule has 2 aromatic carbocycles. The minimum atomic E-state index is -0.126. The predicted molar refractivity (Wildman–Crippen MR) is 82.9 cm³/mol. The lowest BCUT2D eigenvalue weighted by Crippen LogP contribution is -2.20. The van der Waals surface area contributed by atoms with Crippen LogP contribution in [0.15, 0.2) is 54.6 Å². The van der Waals surface area contributed by atoms with Crippen molar-refractivity contribution in [3.8, 4) is 0 Å². The van der Waals surface area contributed by atoms with E-state index in [0.29, 0.717) is 0 Å². The molecule has 3 aromatic rings. The number of hydrogen-bond donors (Lipinski definition) is 1. The number of rotatable bonds is 5. The first-order valence-electron chi connectivity index (χ1n) is 6.98. The number of fused-ring (bicyclic) bond motifs is 1. The summed E-state index contributed by atoms with van der Waals surface area (Å²) in [5, 5.41) is 2.79. The quantitative estimate of drug-likeness (QED) is 0.730. The third-order valence-corrected chi connectivity index (χ3v) is 3.57. The molecule has 0 fully saturated rings. The minimum Gasteiger partial charge on any atom is -0.349 e. The number of imidazole rings is 1. The average molecular weight is 279 g/mol. The molecule has 3 rings (SSSR count). The van der Waals surface area contributed by atoms with Crippen molar-refractivity contribution in [2.45, 2.75) is 19.5 Å². The Bertz CT molecular complexity index is 749. The van der Waals surface area contributed by atoms with Crippen LogP contribution in [0.4, 0.5) is 0 Å². The fraction of sp³-hybridized carbons (Fsp3) is 0.176. The molecular weight excluding hydrogens is 262 g/mol. The Morgan fingerprint density at radius 2 is 1.86 bits per heavy atom. The Balaban J connectivity index is 2.09. The zero-order valence-electron chi connectivity index (χ0n) is 11.9. The largest absolute Gasteiger partial charge is 0.349 e. The SMILES string of the molecule is C[C@H](NC=O)c1nc2ccccc2n1Cc1ccccc1. The van der Waals surface area contributed by atoms with E-state index in [1.54, 1.807) is 0 Å². The number of hydrogen-bond acceptors (Lipinski definition) is 2. The lowest BCUT2D eigenvalue weighted by atomic mass is 10.2. The van der Waals surface area contributed by atoms with Gasteiger partial charge in [0.25, 0.3) is 0 Å². The molecule has 0 aliphatic rings. The maximum absolute atomic E-state index is 10.7. The van der Waals surface area contributed by atoms with Crippen LogP contribution < -0.4 is 5.32 Å². The third-order valence-electron chi connectivity index (χ3n) is 3.57. The fourth-order valence-electron chi connectivity index (χ4n) is 2.53. The van der Waals surface area contributed by atoms with Crippen LogP contribution in [-0.4, -0.2) is 16.0 Å². The van der Waals surface area contributed by atoms with Gasteiger partial charge in [-0.2, -0.15) is 0 Å². The number of carbonyl (C=O) groups is 1. The summed E-state index contributed by atoms with van der Waals surface area (Å²) in [5.41, 5.74) is 3.24. The molecule has 1 atom stereocenters. The van der Waals surface area contributed by atoms with E-state index in [2.05, 4.69) is 33.1 Å². The molecule has 21 heavy (non-hydrogen) atoms. The summed E-state index contributed by atoms with van der Waals surface area (Å²) in [6.07, 6.45) is 0.719. The Kier molecular flexibility index (Phi) is 3.69. The van der Waals surface area contributed by atoms with Crippen LogP contribution >= 0.6 is 0 Å². The van der Waals surface area contributed by atoms with Gasteiger partial charge in [-0.05, 0) is 24.6 Å². The van der Waals surface area contributed by atoms with Crippen LogP contribution in [-0.2, 0) is 11.3 Å². The van der Waals surface area contributed by atoms with E-state index in [-0.39, 0.29) is 6.04 Å². The van der Waals surface area contributed by atoms with Gasteiger partial charge in [0.15, 0.2) is 0 Å². The lowest BCUT2D eigenvalue weighted by molar-refractivity contribution is -0.110. The molecule has 0 saturated carbocycles. The van der Waals surface area contributed by atoms with Crippen molar-refractivity contribution in [2.24, 2.45) is 0 Å². The topological polar surface area (TPSA) is 46.9 Å². The molecule has 0 radical (unpaired) electrons. The van der Waals surface area contributed by atoms with Gasteiger partial charge in [0, 0.05) is 6.54 Å². The molecule has 0 bridgehead atoms. The van der Waals surface area contributed by atoms with Gasteiger partial charge in [-0.1, -0.05) is 42.5 Å². The normalized spacial score (nSPS) is 12.2. The minimum absolute atomic E-state index is 0.126. The molecule has 0 aliphatic carbocycles. The van der Waals surface area contributed by atoms with E-state index < -0.39 is 0 Å². The van der Waals surface area contributed by atoms with Crippen LogP contribution in [0.2, 0.25) is 0 Å². The highest BCUT2D eigenvalue weighted by molar-refractivity contribution is 5.76. The van der Waals surface area contributed by atoms with E-state index in [1.165, 1.54) is 5.56 Å². The molecule has 4 heteroatoms. The van der Waals surface area contributed by atoms with Gasteiger partial charge in [-0.25, -0.2) is 4.98 Å². The van der Waals surface area contributed by atoms with Crippen LogP contribution in [0.3, 0.4) is 0 Å². The van der Waals surface area contributed by atoms with Crippen molar-refractivity contribution in [3.63, 3.8) is 0 Å². The second-order valence-corrected chi connectivity index (χ2v) is 5.04. The number of nitrogens with one attached hydrogen (secondary N) is 1. The number of nitrogens with zero attached hydrogens (tertiary/aromatic N) is 2. The summed E-state index contributed by atoms with van der Waals surface area (Å²) in [6, 6.07) is 18.2. The number of para-hydroxylation sites is 2. The van der Waals surface area contributed by atoms with Gasteiger partial charge < -0.3 is 9.88 Å². The van der Waals surface area contributed by atoms with Gasteiger partial charge in [0.2, 0.25) is 6.41 Å². The van der Waals surface area contributed by atoms with Crippen molar-refractivity contribution in [2.75, 3.05) is 0 Å². The molecule has 4 nitrogen and oxygen atoms in total. The molecule has 0 spiro atoms. The van der Waals surface area contributed by atoms with Crippen molar-refractivity contribution in [1.29, 1.82) is 0 Å².